The molecule has 0 atom stereocenters. The van der Waals surface area contributed by atoms with E-state index in [1.54, 1.807) is 0 Å². The minimum absolute atomic E-state index is 0.0701. The molecular formula is C13H19NO. The second kappa shape index (κ2) is 3.24. The lowest BCUT2D eigenvalue weighted by molar-refractivity contribution is -0.0606. The average molecular weight is 205 g/mol. The van der Waals surface area contributed by atoms with Gasteiger partial charge in [0.05, 0.1) is 5.60 Å². The molecule has 0 aromatic heterocycles. The van der Waals surface area contributed by atoms with Crippen molar-refractivity contribution in [1.82, 2.24) is 0 Å². The predicted octanol–water partition coefficient (Wildman–Crippen LogP) is 3.04. The van der Waals surface area contributed by atoms with Crippen LogP contribution in [0.5, 0.6) is 0 Å². The van der Waals surface area contributed by atoms with Crippen LogP contribution < -0.4 is 4.90 Å². The van der Waals surface area contributed by atoms with Crippen molar-refractivity contribution in [3.05, 3.63) is 30.3 Å². The van der Waals surface area contributed by atoms with Crippen LogP contribution in [0, 0.1) is 0 Å². The van der Waals surface area contributed by atoms with Gasteiger partial charge in [0.1, 0.15) is 5.72 Å². The van der Waals surface area contributed by atoms with Gasteiger partial charge in [-0.3, -0.25) is 0 Å². The largest absolute Gasteiger partial charge is 0.349 e. The molecule has 2 nitrogen and oxygen atoms in total. The standard InChI is InChI=1S/C13H19NO/c1-12(2)10-14(13(3,4)15-12)11-8-6-5-7-9-11/h5-9H,10H2,1-4H3. The fourth-order valence-electron chi connectivity index (χ4n) is 2.34. The highest BCUT2D eigenvalue weighted by molar-refractivity contribution is 5.49. The zero-order valence-electron chi connectivity index (χ0n) is 9.95. The second-order valence-corrected chi connectivity index (χ2v) is 5.23. The highest BCUT2D eigenvalue weighted by atomic mass is 16.6. The van der Waals surface area contributed by atoms with Gasteiger partial charge in [-0.15, -0.1) is 0 Å². The molecule has 0 unspecified atom stereocenters. The smallest absolute Gasteiger partial charge is 0.136 e. The molecule has 1 aliphatic heterocycles. The van der Waals surface area contributed by atoms with Crippen LogP contribution in [0.1, 0.15) is 27.7 Å². The molecule has 0 spiro atoms. The first kappa shape index (κ1) is 10.5. The van der Waals surface area contributed by atoms with Gasteiger partial charge < -0.3 is 9.64 Å². The monoisotopic (exact) mass is 205 g/mol. The Kier molecular flexibility index (Phi) is 2.27. The van der Waals surface area contributed by atoms with Crippen molar-refractivity contribution in [1.29, 1.82) is 0 Å². The lowest BCUT2D eigenvalue weighted by Gasteiger charge is -2.31. The third kappa shape index (κ3) is 2.00. The third-order valence-electron chi connectivity index (χ3n) is 2.78. The van der Waals surface area contributed by atoms with Crippen LogP contribution >= 0.6 is 0 Å². The van der Waals surface area contributed by atoms with Crippen LogP contribution in [0.15, 0.2) is 30.3 Å². The van der Waals surface area contributed by atoms with Gasteiger partial charge in [-0.25, -0.2) is 0 Å². The second-order valence-electron chi connectivity index (χ2n) is 5.23. The van der Waals surface area contributed by atoms with Gasteiger partial charge >= 0.3 is 0 Å². The maximum Gasteiger partial charge on any atom is 0.136 e. The molecule has 2 rings (SSSR count). The summed E-state index contributed by atoms with van der Waals surface area (Å²) in [5, 5.41) is 0. The van der Waals surface area contributed by atoms with E-state index in [-0.39, 0.29) is 11.3 Å². The van der Waals surface area contributed by atoms with Crippen molar-refractivity contribution in [2.75, 3.05) is 11.4 Å². The zero-order valence-corrected chi connectivity index (χ0v) is 9.95. The van der Waals surface area contributed by atoms with E-state index in [1.165, 1.54) is 5.69 Å². The Morgan fingerprint density at radius 3 is 2.13 bits per heavy atom. The molecule has 0 bridgehead atoms. The van der Waals surface area contributed by atoms with Crippen molar-refractivity contribution in [2.24, 2.45) is 0 Å². The third-order valence-corrected chi connectivity index (χ3v) is 2.78. The van der Waals surface area contributed by atoms with Crippen molar-refractivity contribution in [3.8, 4) is 0 Å². The van der Waals surface area contributed by atoms with Gasteiger partial charge in [-0.2, -0.15) is 0 Å². The Morgan fingerprint density at radius 2 is 1.67 bits per heavy atom. The van der Waals surface area contributed by atoms with E-state index in [4.69, 9.17) is 4.74 Å². The summed E-state index contributed by atoms with van der Waals surface area (Å²) in [6.07, 6.45) is 0. The summed E-state index contributed by atoms with van der Waals surface area (Å²) in [6.45, 7) is 9.45. The van der Waals surface area contributed by atoms with Gasteiger partial charge in [0, 0.05) is 12.2 Å². The van der Waals surface area contributed by atoms with E-state index in [1.807, 2.05) is 6.07 Å². The van der Waals surface area contributed by atoms with E-state index < -0.39 is 0 Å². The molecule has 0 N–H and O–H groups in total. The Morgan fingerprint density at radius 1 is 1.07 bits per heavy atom. The lowest BCUT2D eigenvalue weighted by Crippen LogP contribution is -2.39. The molecule has 1 aliphatic rings. The highest BCUT2D eigenvalue weighted by Gasteiger charge is 2.43. The van der Waals surface area contributed by atoms with Crippen LogP contribution in [0.25, 0.3) is 0 Å². The molecule has 1 heterocycles. The molecule has 1 saturated heterocycles. The SMILES string of the molecule is CC1(C)CN(c2ccccc2)C(C)(C)O1. The summed E-state index contributed by atoms with van der Waals surface area (Å²) in [5.41, 5.74) is 0.942. The van der Waals surface area contributed by atoms with Crippen LogP contribution in [0.3, 0.4) is 0 Å². The fraction of sp³-hybridized carbons (Fsp3) is 0.538. The number of rotatable bonds is 1. The first-order valence-corrected chi connectivity index (χ1v) is 5.44. The molecule has 15 heavy (non-hydrogen) atoms. The summed E-state index contributed by atoms with van der Waals surface area (Å²) in [6, 6.07) is 10.4. The number of nitrogens with zero attached hydrogens (tertiary/aromatic N) is 1. The van der Waals surface area contributed by atoms with Crippen molar-refractivity contribution < 1.29 is 4.74 Å². The number of hydrogen-bond donors (Lipinski definition) is 0. The molecule has 82 valence electrons. The Labute approximate surface area is 91.9 Å². The first-order valence-electron chi connectivity index (χ1n) is 5.44. The normalized spacial score (nSPS) is 23.1. The first-order chi connectivity index (χ1) is 6.91. The number of benzene rings is 1. The van der Waals surface area contributed by atoms with Crippen LogP contribution in [-0.4, -0.2) is 17.9 Å². The van der Waals surface area contributed by atoms with Gasteiger partial charge in [-0.1, -0.05) is 18.2 Å². The van der Waals surface area contributed by atoms with Crippen molar-refractivity contribution in [2.45, 2.75) is 39.0 Å². The Balaban J connectivity index is 2.31. The van der Waals surface area contributed by atoms with Gasteiger partial charge in [0.2, 0.25) is 0 Å². The highest BCUT2D eigenvalue weighted by Crippen LogP contribution is 2.36. The lowest BCUT2D eigenvalue weighted by atomic mass is 10.1. The minimum atomic E-state index is -0.217. The molecule has 1 fully saturated rings. The minimum Gasteiger partial charge on any atom is -0.349 e. The molecule has 0 aliphatic carbocycles. The van der Waals surface area contributed by atoms with E-state index in [0.29, 0.717) is 0 Å². The summed E-state index contributed by atoms with van der Waals surface area (Å²) >= 11 is 0. The number of hydrogen-bond acceptors (Lipinski definition) is 2. The zero-order chi connectivity index (χ0) is 11.1. The molecule has 1 aromatic rings. The molecule has 1 aromatic carbocycles. The molecule has 0 radical (unpaired) electrons. The van der Waals surface area contributed by atoms with Crippen molar-refractivity contribution in [3.63, 3.8) is 0 Å². The maximum absolute atomic E-state index is 6.03. The molecule has 2 heteroatoms. The van der Waals surface area contributed by atoms with Crippen LogP contribution in [0.4, 0.5) is 5.69 Å². The Hall–Kier alpha value is -1.02. The van der Waals surface area contributed by atoms with E-state index >= 15 is 0 Å². The number of ether oxygens (including phenoxy) is 1. The quantitative estimate of drug-likeness (QED) is 0.698. The van der Waals surface area contributed by atoms with E-state index in [0.717, 1.165) is 6.54 Å². The summed E-state index contributed by atoms with van der Waals surface area (Å²) < 4.78 is 6.03. The molecular weight excluding hydrogens is 186 g/mol. The topological polar surface area (TPSA) is 12.5 Å². The summed E-state index contributed by atoms with van der Waals surface area (Å²) in [7, 11) is 0. The fourth-order valence-corrected chi connectivity index (χ4v) is 2.34. The Bertz CT molecular complexity index is 343. The van der Waals surface area contributed by atoms with Crippen LogP contribution in [-0.2, 0) is 4.74 Å². The summed E-state index contributed by atoms with van der Waals surface area (Å²) in [4.78, 5) is 2.31. The maximum atomic E-state index is 6.03. The van der Waals surface area contributed by atoms with Gasteiger partial charge in [-0.05, 0) is 39.8 Å². The van der Waals surface area contributed by atoms with E-state index in [9.17, 15) is 0 Å². The van der Waals surface area contributed by atoms with Crippen LogP contribution in [0.2, 0.25) is 0 Å². The van der Waals surface area contributed by atoms with Gasteiger partial charge in [0.15, 0.2) is 0 Å². The summed E-state index contributed by atoms with van der Waals surface area (Å²) in [5.74, 6) is 0. The van der Waals surface area contributed by atoms with E-state index in [2.05, 4.69) is 56.9 Å². The predicted molar refractivity (Wildman–Crippen MR) is 63.0 cm³/mol. The average Bonchev–Trinajstić information content (AvgIpc) is 2.36. The van der Waals surface area contributed by atoms with Gasteiger partial charge in [0.25, 0.3) is 0 Å². The number of anilines is 1. The molecule has 0 saturated carbocycles. The number of para-hydroxylation sites is 1. The molecule has 0 amide bonds. The van der Waals surface area contributed by atoms with Crippen molar-refractivity contribution >= 4 is 5.69 Å².